The molecule has 12 atom stereocenters. The molecule has 0 aromatic heterocycles. The third-order valence-electron chi connectivity index (χ3n) is 12.6. The number of oxime groups is 1. The lowest BCUT2D eigenvalue weighted by Gasteiger charge is -2.66. The van der Waals surface area contributed by atoms with E-state index in [1.807, 2.05) is 0 Å². The Balaban J connectivity index is 1.63. The highest BCUT2D eigenvalue weighted by atomic mass is 16.8. The molecular formula is C34H60N2O7. The van der Waals surface area contributed by atoms with Gasteiger partial charge in [-0.25, -0.2) is 4.79 Å². The van der Waals surface area contributed by atoms with E-state index in [1.54, 1.807) is 21.1 Å². The molecule has 0 aliphatic heterocycles. The predicted octanol–water partition coefficient (Wildman–Crippen LogP) is 6.98. The Labute approximate surface area is 260 Å². The number of hydrogen-bond donors (Lipinski definition) is 1. The topological polar surface area (TPSA) is 111 Å². The molecule has 4 unspecified atom stereocenters. The van der Waals surface area contributed by atoms with Crippen molar-refractivity contribution in [3.05, 3.63) is 0 Å². The standard InChI is InChI=1S/C34H60N2O7/c1-9-23-26-17-21(3)15-16-33(26,5)27-18-28(41-19-38-7)34(6)24(12-13-25(34)30(27)31(23)42-20-39-8)22(4)11-14-29(35)36-43-32(37)40-10-2/h21-28,30-31H,9-20H2,1-8H3,(H2,35,36)/t21-,22-,23-,24-,25?,26+,27?,28+,30?,31?,33+,34-/m1/s1. The summed E-state index contributed by atoms with van der Waals surface area (Å²) in [4.78, 5) is 16.3. The van der Waals surface area contributed by atoms with E-state index in [4.69, 9.17) is 34.3 Å². The lowest BCUT2D eigenvalue weighted by Crippen LogP contribution is -2.65. The van der Waals surface area contributed by atoms with Crippen LogP contribution in [0.3, 0.4) is 0 Å². The number of fused-ring (bicyclic) bond motifs is 5. The molecule has 0 heterocycles. The highest BCUT2D eigenvalue weighted by Crippen LogP contribution is 2.70. The fourth-order valence-electron chi connectivity index (χ4n) is 10.7. The van der Waals surface area contributed by atoms with Gasteiger partial charge in [-0.2, -0.15) is 0 Å². The van der Waals surface area contributed by atoms with Crippen LogP contribution in [-0.2, 0) is 28.5 Å². The lowest BCUT2D eigenvalue weighted by atomic mass is 9.40. The number of carbonyl (C=O) groups excluding carboxylic acids is 1. The Hall–Kier alpha value is -1.42. The minimum Gasteiger partial charge on any atom is -0.433 e. The van der Waals surface area contributed by atoms with Gasteiger partial charge in [0, 0.05) is 26.1 Å². The van der Waals surface area contributed by atoms with Gasteiger partial charge in [-0.3, -0.25) is 4.84 Å². The summed E-state index contributed by atoms with van der Waals surface area (Å²) in [5, 5.41) is 3.81. The molecule has 9 heteroatoms. The second-order valence-electron chi connectivity index (χ2n) is 14.6. The van der Waals surface area contributed by atoms with Crippen molar-refractivity contribution in [1.82, 2.24) is 0 Å². The molecule has 43 heavy (non-hydrogen) atoms. The van der Waals surface area contributed by atoms with E-state index >= 15 is 0 Å². The summed E-state index contributed by atoms with van der Waals surface area (Å²) in [6.45, 7) is 14.9. The van der Waals surface area contributed by atoms with E-state index < -0.39 is 6.16 Å². The third kappa shape index (κ3) is 6.75. The summed E-state index contributed by atoms with van der Waals surface area (Å²) in [7, 11) is 3.47. The van der Waals surface area contributed by atoms with Crippen molar-refractivity contribution in [1.29, 1.82) is 0 Å². The van der Waals surface area contributed by atoms with E-state index in [-0.39, 0.29) is 29.6 Å². The fraction of sp³-hybridized carbons (Fsp3) is 0.941. The summed E-state index contributed by atoms with van der Waals surface area (Å²) >= 11 is 0. The van der Waals surface area contributed by atoms with Gasteiger partial charge in [0.15, 0.2) is 0 Å². The van der Waals surface area contributed by atoms with Crippen LogP contribution in [0, 0.1) is 58.2 Å². The van der Waals surface area contributed by atoms with E-state index in [9.17, 15) is 4.79 Å². The largest absolute Gasteiger partial charge is 0.535 e. The molecule has 0 bridgehead atoms. The molecule has 4 aliphatic carbocycles. The Morgan fingerprint density at radius 1 is 1.00 bits per heavy atom. The maximum absolute atomic E-state index is 11.5. The molecule has 0 saturated heterocycles. The molecule has 9 nitrogen and oxygen atoms in total. The van der Waals surface area contributed by atoms with Crippen LogP contribution in [0.15, 0.2) is 5.16 Å². The van der Waals surface area contributed by atoms with Crippen LogP contribution in [0.5, 0.6) is 0 Å². The molecule has 4 fully saturated rings. The molecule has 4 rings (SSSR count). The van der Waals surface area contributed by atoms with E-state index in [2.05, 4.69) is 39.8 Å². The second kappa shape index (κ2) is 14.8. The highest BCUT2D eigenvalue weighted by molar-refractivity contribution is 5.80. The Kier molecular flexibility index (Phi) is 11.8. The average molecular weight is 609 g/mol. The summed E-state index contributed by atoms with van der Waals surface area (Å²) in [6.07, 6.45) is 9.31. The molecule has 248 valence electrons. The first-order chi connectivity index (χ1) is 20.6. The summed E-state index contributed by atoms with van der Waals surface area (Å²) in [6, 6.07) is 0. The van der Waals surface area contributed by atoms with E-state index in [0.717, 1.165) is 31.6 Å². The smallest absolute Gasteiger partial charge is 0.433 e. The van der Waals surface area contributed by atoms with Gasteiger partial charge in [0.25, 0.3) is 0 Å². The van der Waals surface area contributed by atoms with Crippen LogP contribution in [0.4, 0.5) is 4.79 Å². The Morgan fingerprint density at radius 3 is 2.40 bits per heavy atom. The van der Waals surface area contributed by atoms with Crippen LogP contribution in [0.1, 0.15) is 99.3 Å². The Bertz CT molecular complexity index is 948. The minimum absolute atomic E-state index is 0.0232. The molecule has 2 N–H and O–H groups in total. The van der Waals surface area contributed by atoms with Crippen LogP contribution in [-0.4, -0.2) is 58.6 Å². The van der Waals surface area contributed by atoms with Crippen LogP contribution < -0.4 is 5.73 Å². The zero-order valence-corrected chi connectivity index (χ0v) is 28.1. The van der Waals surface area contributed by atoms with Gasteiger partial charge in [0.05, 0.1) is 18.8 Å². The normalized spacial score (nSPS) is 41.6. The van der Waals surface area contributed by atoms with Crippen molar-refractivity contribution < 1.29 is 33.3 Å². The molecule has 0 spiro atoms. The zero-order valence-electron chi connectivity index (χ0n) is 28.1. The molecule has 0 amide bonds. The van der Waals surface area contributed by atoms with Crippen molar-refractivity contribution in [2.24, 2.45) is 69.1 Å². The first kappa shape index (κ1) is 34.5. The van der Waals surface area contributed by atoms with Gasteiger partial charge in [0.2, 0.25) is 0 Å². The van der Waals surface area contributed by atoms with Crippen molar-refractivity contribution in [2.45, 2.75) is 112 Å². The summed E-state index contributed by atoms with van der Waals surface area (Å²) in [5.74, 6) is 4.63. The lowest BCUT2D eigenvalue weighted by molar-refractivity contribution is -0.262. The number of ether oxygens (including phenoxy) is 5. The monoisotopic (exact) mass is 608 g/mol. The van der Waals surface area contributed by atoms with Gasteiger partial charge in [-0.15, -0.1) is 0 Å². The van der Waals surface area contributed by atoms with Crippen LogP contribution in [0.25, 0.3) is 0 Å². The highest BCUT2D eigenvalue weighted by Gasteiger charge is 2.68. The van der Waals surface area contributed by atoms with Crippen LogP contribution >= 0.6 is 0 Å². The SMILES string of the molecule is CCOC(=O)ON=C(N)CC[C@@H](C)[C@H]1CCC2C3C(OCOC)[C@H](CC)[C@@H]4C[C@H](C)CC[C@]4(C)C3C[C@H](OCOC)[C@@]21C. The van der Waals surface area contributed by atoms with Crippen molar-refractivity contribution in [2.75, 3.05) is 34.4 Å². The number of methoxy groups -OCH3 is 2. The van der Waals surface area contributed by atoms with Gasteiger partial charge >= 0.3 is 6.16 Å². The molecular weight excluding hydrogens is 548 g/mol. The number of carbonyl (C=O) groups is 1. The van der Waals surface area contributed by atoms with Crippen LogP contribution in [0.2, 0.25) is 0 Å². The molecule has 0 aromatic rings. The number of nitrogens with zero attached hydrogens (tertiary/aromatic N) is 1. The van der Waals surface area contributed by atoms with Crippen molar-refractivity contribution >= 4 is 12.0 Å². The summed E-state index contributed by atoms with van der Waals surface area (Å²) < 4.78 is 29.3. The average Bonchev–Trinajstić information content (AvgIpc) is 3.35. The predicted molar refractivity (Wildman–Crippen MR) is 166 cm³/mol. The van der Waals surface area contributed by atoms with Gasteiger partial charge < -0.3 is 29.4 Å². The molecule has 4 saturated carbocycles. The first-order valence-electron chi connectivity index (χ1n) is 16.9. The minimum atomic E-state index is -0.828. The number of rotatable bonds is 13. The van der Waals surface area contributed by atoms with Gasteiger partial charge in [0.1, 0.15) is 19.4 Å². The van der Waals surface area contributed by atoms with Gasteiger partial charge in [-0.05, 0) is 98.2 Å². The number of hydrogen-bond acceptors (Lipinski definition) is 8. The van der Waals surface area contributed by atoms with Crippen molar-refractivity contribution in [3.8, 4) is 0 Å². The van der Waals surface area contributed by atoms with E-state index in [0.29, 0.717) is 67.3 Å². The third-order valence-corrected chi connectivity index (χ3v) is 12.6. The molecule has 0 aromatic carbocycles. The Morgan fingerprint density at radius 2 is 1.72 bits per heavy atom. The molecule has 0 radical (unpaired) electrons. The second-order valence-corrected chi connectivity index (χ2v) is 14.6. The maximum atomic E-state index is 11.5. The number of nitrogens with two attached hydrogens (primary N) is 1. The number of amidine groups is 1. The first-order valence-corrected chi connectivity index (χ1v) is 16.9. The quantitative estimate of drug-likeness (QED) is 0.0596. The van der Waals surface area contributed by atoms with Gasteiger partial charge in [-0.1, -0.05) is 52.6 Å². The van der Waals surface area contributed by atoms with Crippen molar-refractivity contribution in [3.63, 3.8) is 0 Å². The fourth-order valence-corrected chi connectivity index (χ4v) is 10.7. The maximum Gasteiger partial charge on any atom is 0.535 e. The zero-order chi connectivity index (χ0) is 31.4. The van der Waals surface area contributed by atoms with E-state index in [1.165, 1.54) is 25.7 Å². The summed E-state index contributed by atoms with van der Waals surface area (Å²) in [5.41, 5.74) is 6.40. The molecule has 4 aliphatic rings.